The molecule has 0 radical (unpaired) electrons. The zero-order chi connectivity index (χ0) is 18.5. The first-order chi connectivity index (χ1) is 12.1. The van der Waals surface area contributed by atoms with Gasteiger partial charge in [0.15, 0.2) is 5.79 Å². The van der Waals surface area contributed by atoms with Gasteiger partial charge in [0.05, 0.1) is 0 Å². The summed E-state index contributed by atoms with van der Waals surface area (Å²) in [5, 5.41) is 0. The summed E-state index contributed by atoms with van der Waals surface area (Å²) >= 11 is 0. The maximum Gasteiger partial charge on any atom is 0.167 e. The number of ether oxygens (including phenoxy) is 2. The van der Waals surface area contributed by atoms with Crippen LogP contribution in [0.25, 0.3) is 0 Å². The molecule has 1 aromatic carbocycles. The predicted octanol–water partition coefficient (Wildman–Crippen LogP) is 6.52. The molecular weight excluding hydrogens is 315 g/mol. The highest BCUT2D eigenvalue weighted by Crippen LogP contribution is 2.31. The Morgan fingerprint density at radius 1 is 0.960 bits per heavy atom. The maximum atomic E-state index is 13.3. The third-order valence-corrected chi connectivity index (χ3v) is 5.37. The number of rotatable bonds is 14. The molecular formula is C22H37FO2. The number of hydrogen-bond donors (Lipinski definition) is 0. The smallest absolute Gasteiger partial charge is 0.167 e. The van der Waals surface area contributed by atoms with Crippen molar-refractivity contribution in [2.75, 3.05) is 14.2 Å². The van der Waals surface area contributed by atoms with Crippen LogP contribution in [-0.2, 0) is 15.9 Å². The lowest BCUT2D eigenvalue weighted by Gasteiger charge is -2.35. The highest BCUT2D eigenvalue weighted by Gasteiger charge is 2.33. The summed E-state index contributed by atoms with van der Waals surface area (Å²) in [6, 6.07) is 6.91. The van der Waals surface area contributed by atoms with Gasteiger partial charge in [-0.05, 0) is 50.3 Å². The molecule has 144 valence electrons. The van der Waals surface area contributed by atoms with E-state index < -0.39 is 5.79 Å². The van der Waals surface area contributed by atoms with E-state index in [4.69, 9.17) is 9.47 Å². The molecule has 0 bridgehead atoms. The molecule has 25 heavy (non-hydrogen) atoms. The maximum absolute atomic E-state index is 13.3. The molecule has 0 aromatic heterocycles. The van der Waals surface area contributed by atoms with Gasteiger partial charge in [0, 0.05) is 20.1 Å². The van der Waals surface area contributed by atoms with Crippen molar-refractivity contribution in [3.63, 3.8) is 0 Å². The molecule has 0 aliphatic carbocycles. The van der Waals surface area contributed by atoms with E-state index in [2.05, 4.69) is 6.92 Å². The third-order valence-electron chi connectivity index (χ3n) is 5.37. The number of methoxy groups -OCH3 is 2. The molecule has 0 saturated carbocycles. The van der Waals surface area contributed by atoms with Crippen molar-refractivity contribution in [2.45, 2.75) is 83.8 Å². The number of halogens is 1. The topological polar surface area (TPSA) is 18.5 Å². The third kappa shape index (κ3) is 8.33. The van der Waals surface area contributed by atoms with Crippen LogP contribution < -0.4 is 0 Å². The van der Waals surface area contributed by atoms with Crippen LogP contribution in [0.15, 0.2) is 24.3 Å². The quantitative estimate of drug-likeness (QED) is 0.280. The molecule has 2 nitrogen and oxygen atoms in total. The van der Waals surface area contributed by atoms with E-state index in [0.29, 0.717) is 5.92 Å². The van der Waals surface area contributed by atoms with Crippen LogP contribution in [0.4, 0.5) is 4.39 Å². The second kappa shape index (κ2) is 12.4. The first-order valence-corrected chi connectivity index (χ1v) is 9.90. The second-order valence-corrected chi connectivity index (χ2v) is 7.20. The Hall–Kier alpha value is -0.930. The summed E-state index contributed by atoms with van der Waals surface area (Å²) in [6.07, 6.45) is 11.9. The second-order valence-electron chi connectivity index (χ2n) is 7.20. The molecule has 3 heteroatoms. The molecule has 1 rings (SSSR count). The van der Waals surface area contributed by atoms with Crippen molar-refractivity contribution in [1.29, 1.82) is 0 Å². The summed E-state index contributed by atoms with van der Waals surface area (Å²) in [5.41, 5.74) is 1.06. The van der Waals surface area contributed by atoms with Crippen LogP contribution in [0.3, 0.4) is 0 Å². The molecule has 0 heterocycles. The van der Waals surface area contributed by atoms with Gasteiger partial charge in [0.2, 0.25) is 0 Å². The first-order valence-electron chi connectivity index (χ1n) is 9.90. The van der Waals surface area contributed by atoms with Crippen LogP contribution in [0.1, 0.15) is 77.2 Å². The molecule has 0 aliphatic heterocycles. The Balaban J connectivity index is 2.47. The minimum atomic E-state index is -0.536. The van der Waals surface area contributed by atoms with E-state index in [1.807, 2.05) is 13.0 Å². The lowest BCUT2D eigenvalue weighted by atomic mass is 9.87. The van der Waals surface area contributed by atoms with Gasteiger partial charge < -0.3 is 9.47 Å². The Morgan fingerprint density at radius 2 is 1.60 bits per heavy atom. The van der Waals surface area contributed by atoms with E-state index in [-0.39, 0.29) is 5.82 Å². The van der Waals surface area contributed by atoms with Gasteiger partial charge in [-0.3, -0.25) is 0 Å². The van der Waals surface area contributed by atoms with Crippen molar-refractivity contribution >= 4 is 0 Å². The van der Waals surface area contributed by atoms with Crippen LogP contribution in [0.5, 0.6) is 0 Å². The fourth-order valence-corrected chi connectivity index (χ4v) is 3.50. The monoisotopic (exact) mass is 352 g/mol. The van der Waals surface area contributed by atoms with Crippen molar-refractivity contribution in [2.24, 2.45) is 5.92 Å². The molecule has 0 saturated heterocycles. The number of unbranched alkanes of at least 4 members (excludes halogenated alkanes) is 5. The highest BCUT2D eigenvalue weighted by atomic mass is 19.1. The number of hydrogen-bond acceptors (Lipinski definition) is 2. The Bertz CT molecular complexity index is 457. The summed E-state index contributed by atoms with van der Waals surface area (Å²) in [6.45, 7) is 4.29. The number of aryl methyl sites for hydroxylation is 1. The van der Waals surface area contributed by atoms with Gasteiger partial charge in [-0.25, -0.2) is 4.39 Å². The average molecular weight is 353 g/mol. The van der Waals surface area contributed by atoms with E-state index in [0.717, 1.165) is 31.2 Å². The molecule has 0 aliphatic rings. The minimum absolute atomic E-state index is 0.153. The zero-order valence-corrected chi connectivity index (χ0v) is 16.7. The Morgan fingerprint density at radius 3 is 2.24 bits per heavy atom. The normalized spacial score (nSPS) is 13.2. The molecule has 1 unspecified atom stereocenters. The van der Waals surface area contributed by atoms with E-state index in [9.17, 15) is 4.39 Å². The van der Waals surface area contributed by atoms with Crippen molar-refractivity contribution in [1.82, 2.24) is 0 Å². The van der Waals surface area contributed by atoms with Crippen LogP contribution in [0.2, 0.25) is 0 Å². The summed E-state index contributed by atoms with van der Waals surface area (Å²) < 4.78 is 24.7. The molecule has 0 N–H and O–H groups in total. The fraction of sp³-hybridized carbons (Fsp3) is 0.727. The Labute approximate surface area is 154 Å². The first kappa shape index (κ1) is 22.1. The van der Waals surface area contributed by atoms with Gasteiger partial charge in [-0.15, -0.1) is 0 Å². The SMILES string of the molecule is CCCCCCCCC(CCCc1cccc(F)c1)C(C)(OC)OC. The Kier molecular flexibility index (Phi) is 11.0. The van der Waals surface area contributed by atoms with Crippen molar-refractivity contribution in [3.8, 4) is 0 Å². The number of benzene rings is 1. The van der Waals surface area contributed by atoms with Crippen LogP contribution in [0, 0.1) is 11.7 Å². The molecule has 1 atom stereocenters. The lowest BCUT2D eigenvalue weighted by Crippen LogP contribution is -2.39. The standard InChI is InChI=1S/C22H37FO2/c1-5-6-7-8-9-10-15-20(22(2,24-3)25-4)16-11-13-19-14-12-17-21(23)18-19/h12,14,17-18,20H,5-11,13,15-16H2,1-4H3. The van der Waals surface area contributed by atoms with Gasteiger partial charge in [0.25, 0.3) is 0 Å². The molecule has 1 aromatic rings. The van der Waals surface area contributed by atoms with E-state index in [1.54, 1.807) is 26.4 Å². The van der Waals surface area contributed by atoms with Gasteiger partial charge in [-0.2, -0.15) is 0 Å². The van der Waals surface area contributed by atoms with Crippen molar-refractivity contribution in [3.05, 3.63) is 35.6 Å². The molecule has 0 fully saturated rings. The summed E-state index contributed by atoms with van der Waals surface area (Å²) in [4.78, 5) is 0. The minimum Gasteiger partial charge on any atom is -0.353 e. The summed E-state index contributed by atoms with van der Waals surface area (Å²) in [7, 11) is 3.45. The highest BCUT2D eigenvalue weighted by molar-refractivity contribution is 5.16. The van der Waals surface area contributed by atoms with Gasteiger partial charge >= 0.3 is 0 Å². The largest absolute Gasteiger partial charge is 0.353 e. The zero-order valence-electron chi connectivity index (χ0n) is 16.7. The lowest BCUT2D eigenvalue weighted by molar-refractivity contribution is -0.230. The molecule has 0 amide bonds. The fourth-order valence-electron chi connectivity index (χ4n) is 3.50. The van der Waals surface area contributed by atoms with E-state index in [1.165, 1.54) is 44.6 Å². The van der Waals surface area contributed by atoms with Crippen LogP contribution in [-0.4, -0.2) is 20.0 Å². The predicted molar refractivity (Wildman–Crippen MR) is 103 cm³/mol. The van der Waals surface area contributed by atoms with Crippen LogP contribution >= 0.6 is 0 Å². The van der Waals surface area contributed by atoms with Gasteiger partial charge in [0.1, 0.15) is 5.82 Å². The van der Waals surface area contributed by atoms with Gasteiger partial charge in [-0.1, -0.05) is 57.6 Å². The van der Waals surface area contributed by atoms with E-state index >= 15 is 0 Å². The summed E-state index contributed by atoms with van der Waals surface area (Å²) in [5.74, 6) is -0.326. The van der Waals surface area contributed by atoms with Crippen molar-refractivity contribution < 1.29 is 13.9 Å². The molecule has 0 spiro atoms. The average Bonchev–Trinajstić information content (AvgIpc) is 2.62.